The smallest absolute Gasteiger partial charge is 0.285 e. The second-order valence-electron chi connectivity index (χ2n) is 3.88. The maximum atomic E-state index is 11.0. The Labute approximate surface area is 131 Å². The van der Waals surface area contributed by atoms with Crippen LogP contribution < -0.4 is 28.5 Å². The van der Waals surface area contributed by atoms with Crippen LogP contribution in [-0.4, -0.2) is 9.85 Å². The quantitative estimate of drug-likeness (QED) is 0.287. The van der Waals surface area contributed by atoms with E-state index in [0.29, 0.717) is 5.56 Å². The Morgan fingerprint density at radius 1 is 1.00 bits per heavy atom. The summed E-state index contributed by atoms with van der Waals surface area (Å²) in [5, 5.41) is 21.6. The van der Waals surface area contributed by atoms with E-state index in [1.807, 2.05) is 6.07 Å². The number of nitro benzene ring substituents is 2. The highest BCUT2D eigenvalue weighted by molar-refractivity contribution is 5.48. The fourth-order valence-electron chi connectivity index (χ4n) is 1.71. The molecule has 2 aromatic rings. The van der Waals surface area contributed by atoms with Crippen molar-refractivity contribution in [2.45, 2.75) is 6.54 Å². The SMILES string of the molecule is O=[N+]([O-])c1ccc(C[n+]2ccccc2)c([N+](=O)[O-])c1.[I-]. The zero-order valence-corrected chi connectivity index (χ0v) is 12.3. The summed E-state index contributed by atoms with van der Waals surface area (Å²) in [5.41, 5.74) is -0.106. The van der Waals surface area contributed by atoms with Crippen LogP contribution in [0.2, 0.25) is 0 Å². The molecule has 0 N–H and O–H groups in total. The van der Waals surface area contributed by atoms with Gasteiger partial charge in [-0.3, -0.25) is 20.2 Å². The van der Waals surface area contributed by atoms with Gasteiger partial charge >= 0.3 is 0 Å². The summed E-state index contributed by atoms with van der Waals surface area (Å²) in [6.07, 6.45) is 3.54. The molecule has 0 unspecified atom stereocenters. The van der Waals surface area contributed by atoms with Gasteiger partial charge in [-0.25, -0.2) is 4.57 Å². The Morgan fingerprint density at radius 3 is 2.20 bits per heavy atom. The summed E-state index contributed by atoms with van der Waals surface area (Å²) in [7, 11) is 0. The Bertz CT molecular complexity index is 634. The lowest BCUT2D eigenvalue weighted by Crippen LogP contribution is -3.00. The third-order valence-corrected chi connectivity index (χ3v) is 2.61. The molecule has 0 saturated heterocycles. The molecule has 104 valence electrons. The van der Waals surface area contributed by atoms with Gasteiger partial charge in [-0.2, -0.15) is 0 Å². The number of aromatic nitrogens is 1. The summed E-state index contributed by atoms with van der Waals surface area (Å²) < 4.78 is 1.76. The molecule has 7 nitrogen and oxygen atoms in total. The molecule has 1 aromatic carbocycles. The van der Waals surface area contributed by atoms with Crippen molar-refractivity contribution >= 4 is 11.4 Å². The van der Waals surface area contributed by atoms with E-state index in [1.165, 1.54) is 12.1 Å². The molecule has 0 amide bonds. The zero-order chi connectivity index (χ0) is 13.8. The zero-order valence-electron chi connectivity index (χ0n) is 10.2. The Hall–Kier alpha value is -2.10. The lowest BCUT2D eigenvalue weighted by molar-refractivity contribution is -0.688. The normalized spacial score (nSPS) is 9.60. The van der Waals surface area contributed by atoms with Gasteiger partial charge in [0.25, 0.3) is 11.4 Å². The molecule has 0 bridgehead atoms. The number of rotatable bonds is 4. The first-order chi connectivity index (χ1) is 9.08. The monoisotopic (exact) mass is 387 g/mol. The van der Waals surface area contributed by atoms with Crippen LogP contribution in [0.4, 0.5) is 11.4 Å². The lowest BCUT2D eigenvalue weighted by atomic mass is 10.1. The molecule has 20 heavy (non-hydrogen) atoms. The van der Waals surface area contributed by atoms with Crippen molar-refractivity contribution in [1.82, 2.24) is 0 Å². The minimum Gasteiger partial charge on any atom is -1.00 e. The summed E-state index contributed by atoms with van der Waals surface area (Å²) in [4.78, 5) is 20.3. The van der Waals surface area contributed by atoms with Gasteiger partial charge in [-0.05, 0) is 6.07 Å². The minimum absolute atomic E-state index is 0. The number of halogens is 1. The first-order valence-electron chi connectivity index (χ1n) is 5.44. The fourth-order valence-corrected chi connectivity index (χ4v) is 1.71. The summed E-state index contributed by atoms with van der Waals surface area (Å²) >= 11 is 0. The molecule has 2 rings (SSSR count). The van der Waals surface area contributed by atoms with Gasteiger partial charge < -0.3 is 24.0 Å². The van der Waals surface area contributed by atoms with Crippen molar-refractivity contribution < 1.29 is 38.4 Å². The minimum atomic E-state index is -0.646. The largest absolute Gasteiger partial charge is 1.00 e. The predicted octanol–water partition coefficient (Wildman–Crippen LogP) is -1.16. The van der Waals surface area contributed by atoms with Gasteiger partial charge in [0.15, 0.2) is 18.9 Å². The van der Waals surface area contributed by atoms with Crippen LogP contribution in [0.25, 0.3) is 0 Å². The van der Waals surface area contributed by atoms with Crippen molar-refractivity contribution in [3.05, 3.63) is 74.6 Å². The van der Waals surface area contributed by atoms with E-state index in [1.54, 1.807) is 29.1 Å². The number of nitro groups is 2. The summed E-state index contributed by atoms with van der Waals surface area (Å²) in [6.45, 7) is 0.287. The second-order valence-corrected chi connectivity index (χ2v) is 3.88. The summed E-state index contributed by atoms with van der Waals surface area (Å²) in [6, 6.07) is 9.11. The number of benzene rings is 1. The van der Waals surface area contributed by atoms with E-state index in [0.717, 1.165) is 6.07 Å². The molecule has 0 aliphatic carbocycles. The third kappa shape index (κ3) is 3.70. The van der Waals surface area contributed by atoms with E-state index in [4.69, 9.17) is 0 Å². The average molecular weight is 387 g/mol. The lowest BCUT2D eigenvalue weighted by Gasteiger charge is -2.00. The number of pyridine rings is 1. The Kier molecular flexibility index (Phi) is 5.50. The van der Waals surface area contributed by atoms with E-state index >= 15 is 0 Å². The van der Waals surface area contributed by atoms with Crippen molar-refractivity contribution in [2.24, 2.45) is 0 Å². The van der Waals surface area contributed by atoms with Gasteiger partial charge in [0, 0.05) is 18.2 Å². The van der Waals surface area contributed by atoms with Crippen LogP contribution in [0.15, 0.2) is 48.8 Å². The standard InChI is InChI=1S/C12H10N3O4.HI/c16-14(17)11-5-4-10(12(8-11)15(18)19)9-13-6-2-1-3-7-13;/h1-8H,9H2;1H/q+1;/p-1. The number of non-ortho nitro benzene ring substituents is 1. The van der Waals surface area contributed by atoms with Crippen molar-refractivity contribution in [2.75, 3.05) is 0 Å². The van der Waals surface area contributed by atoms with Gasteiger partial charge in [-0.15, -0.1) is 0 Å². The molecule has 0 atom stereocenters. The van der Waals surface area contributed by atoms with E-state index in [9.17, 15) is 20.2 Å². The fraction of sp³-hybridized carbons (Fsp3) is 0.0833. The molecule has 0 aliphatic heterocycles. The third-order valence-electron chi connectivity index (χ3n) is 2.61. The van der Waals surface area contributed by atoms with Crippen LogP contribution >= 0.6 is 0 Å². The van der Waals surface area contributed by atoms with Crippen molar-refractivity contribution in [1.29, 1.82) is 0 Å². The molecular formula is C12H10IN3O4. The van der Waals surface area contributed by atoms with Crippen molar-refractivity contribution in [3.63, 3.8) is 0 Å². The maximum absolute atomic E-state index is 11.0. The first kappa shape index (κ1) is 16.0. The molecule has 1 aromatic heterocycles. The number of hydrogen-bond acceptors (Lipinski definition) is 4. The maximum Gasteiger partial charge on any atom is 0.285 e. The van der Waals surface area contributed by atoms with E-state index < -0.39 is 9.85 Å². The highest BCUT2D eigenvalue weighted by Gasteiger charge is 2.21. The molecule has 1 heterocycles. The van der Waals surface area contributed by atoms with Crippen LogP contribution in [0.5, 0.6) is 0 Å². The Balaban J connectivity index is 0.00000200. The average Bonchev–Trinajstić information content (AvgIpc) is 2.39. The predicted molar refractivity (Wildman–Crippen MR) is 65.5 cm³/mol. The molecule has 0 radical (unpaired) electrons. The highest BCUT2D eigenvalue weighted by atomic mass is 127. The second kappa shape index (κ2) is 6.89. The number of hydrogen-bond donors (Lipinski definition) is 0. The first-order valence-corrected chi connectivity index (χ1v) is 5.44. The van der Waals surface area contributed by atoms with Crippen LogP contribution in [0, 0.1) is 20.2 Å². The molecule has 0 fully saturated rings. The van der Waals surface area contributed by atoms with Gasteiger partial charge in [0.2, 0.25) is 0 Å². The highest BCUT2D eigenvalue weighted by Crippen LogP contribution is 2.24. The topological polar surface area (TPSA) is 90.2 Å². The van der Waals surface area contributed by atoms with Gasteiger partial charge in [0.05, 0.1) is 21.5 Å². The Morgan fingerprint density at radius 2 is 1.65 bits per heavy atom. The van der Waals surface area contributed by atoms with Gasteiger partial charge in [0.1, 0.15) is 0 Å². The van der Waals surface area contributed by atoms with Crippen molar-refractivity contribution in [3.8, 4) is 0 Å². The van der Waals surface area contributed by atoms with Crippen LogP contribution in [0.3, 0.4) is 0 Å². The number of nitrogens with zero attached hydrogens (tertiary/aromatic N) is 3. The van der Waals surface area contributed by atoms with Crippen LogP contribution in [0.1, 0.15) is 5.56 Å². The molecular weight excluding hydrogens is 377 g/mol. The summed E-state index contributed by atoms with van der Waals surface area (Å²) in [5.74, 6) is 0. The molecule has 8 heteroatoms. The van der Waals surface area contributed by atoms with Gasteiger partial charge in [-0.1, -0.05) is 6.07 Å². The molecule has 0 saturated carbocycles. The van der Waals surface area contributed by atoms with E-state index in [2.05, 4.69) is 0 Å². The van der Waals surface area contributed by atoms with Crippen LogP contribution in [-0.2, 0) is 6.54 Å². The molecule has 0 aliphatic rings. The molecule has 0 spiro atoms. The van der Waals surface area contributed by atoms with E-state index in [-0.39, 0.29) is 41.9 Å².